The molecular formula is C21H21ClN2O3. The van der Waals surface area contributed by atoms with Crippen LogP contribution in [0.3, 0.4) is 0 Å². The standard InChI is InChI=1S/C21H21ClN2O3/c1-2-11-23-21(26)16-12-20(25)24(13-16)18-7-9-19(10-8-18)27-14-15-3-5-17(22)6-4-15/h2-10,16H,1,11-14H2,(H,23,26)/t16-/m0/s1. The van der Waals surface area contributed by atoms with Crippen LogP contribution in [0.15, 0.2) is 61.2 Å². The third kappa shape index (κ3) is 4.89. The average molecular weight is 385 g/mol. The van der Waals surface area contributed by atoms with E-state index in [0.29, 0.717) is 30.5 Å². The van der Waals surface area contributed by atoms with Crippen LogP contribution in [0.5, 0.6) is 5.75 Å². The van der Waals surface area contributed by atoms with E-state index >= 15 is 0 Å². The molecule has 1 heterocycles. The normalized spacial score (nSPS) is 16.3. The molecule has 0 radical (unpaired) electrons. The lowest BCUT2D eigenvalue weighted by atomic mass is 10.1. The molecule has 1 aliphatic heterocycles. The summed E-state index contributed by atoms with van der Waals surface area (Å²) in [6.45, 7) is 4.80. The van der Waals surface area contributed by atoms with Crippen molar-refractivity contribution in [1.29, 1.82) is 0 Å². The molecule has 2 aromatic carbocycles. The van der Waals surface area contributed by atoms with Gasteiger partial charge in [0.2, 0.25) is 11.8 Å². The molecule has 2 amide bonds. The van der Waals surface area contributed by atoms with Gasteiger partial charge in [0.15, 0.2) is 0 Å². The van der Waals surface area contributed by atoms with Crippen LogP contribution in [0, 0.1) is 5.92 Å². The molecule has 2 aromatic rings. The maximum atomic E-state index is 12.3. The number of carbonyl (C=O) groups excluding carboxylic acids is 2. The zero-order chi connectivity index (χ0) is 19.2. The first kappa shape index (κ1) is 19.0. The first-order chi connectivity index (χ1) is 13.1. The molecule has 27 heavy (non-hydrogen) atoms. The molecular weight excluding hydrogens is 364 g/mol. The van der Waals surface area contributed by atoms with E-state index < -0.39 is 0 Å². The van der Waals surface area contributed by atoms with E-state index in [2.05, 4.69) is 11.9 Å². The SMILES string of the molecule is C=CCNC(=O)[C@H]1CC(=O)N(c2ccc(OCc3ccc(Cl)cc3)cc2)C1. The number of nitrogens with one attached hydrogen (secondary N) is 1. The summed E-state index contributed by atoms with van der Waals surface area (Å²) in [4.78, 5) is 26.0. The lowest BCUT2D eigenvalue weighted by Gasteiger charge is -2.17. The Morgan fingerprint density at radius 2 is 1.93 bits per heavy atom. The van der Waals surface area contributed by atoms with Crippen LogP contribution in [-0.4, -0.2) is 24.9 Å². The maximum absolute atomic E-state index is 12.3. The van der Waals surface area contributed by atoms with Gasteiger partial charge in [0.1, 0.15) is 12.4 Å². The monoisotopic (exact) mass is 384 g/mol. The zero-order valence-electron chi connectivity index (χ0n) is 14.9. The summed E-state index contributed by atoms with van der Waals surface area (Å²) in [6, 6.07) is 14.8. The number of amides is 2. The van der Waals surface area contributed by atoms with Crippen LogP contribution in [0.25, 0.3) is 0 Å². The van der Waals surface area contributed by atoms with Crippen molar-refractivity contribution in [2.75, 3.05) is 18.0 Å². The largest absolute Gasteiger partial charge is 0.489 e. The fourth-order valence-electron chi connectivity index (χ4n) is 2.92. The minimum Gasteiger partial charge on any atom is -0.489 e. The van der Waals surface area contributed by atoms with E-state index in [4.69, 9.17) is 16.3 Å². The van der Waals surface area contributed by atoms with Crippen LogP contribution in [0.4, 0.5) is 5.69 Å². The van der Waals surface area contributed by atoms with Crippen LogP contribution < -0.4 is 15.0 Å². The molecule has 6 heteroatoms. The number of anilines is 1. The van der Waals surface area contributed by atoms with Crippen molar-refractivity contribution in [3.8, 4) is 5.75 Å². The molecule has 0 unspecified atom stereocenters. The molecule has 1 atom stereocenters. The van der Waals surface area contributed by atoms with Gasteiger partial charge in [0, 0.05) is 30.2 Å². The predicted octanol–water partition coefficient (Wildman–Crippen LogP) is 3.57. The Bertz CT molecular complexity index is 818. The van der Waals surface area contributed by atoms with Crippen LogP contribution in [-0.2, 0) is 16.2 Å². The van der Waals surface area contributed by atoms with Gasteiger partial charge in [-0.1, -0.05) is 29.8 Å². The van der Waals surface area contributed by atoms with Crippen molar-refractivity contribution in [2.24, 2.45) is 5.92 Å². The Balaban J connectivity index is 1.58. The number of carbonyl (C=O) groups is 2. The molecule has 1 saturated heterocycles. The molecule has 0 spiro atoms. The van der Waals surface area contributed by atoms with Crippen molar-refractivity contribution in [3.05, 3.63) is 71.8 Å². The quantitative estimate of drug-likeness (QED) is 0.742. The smallest absolute Gasteiger partial charge is 0.227 e. The average Bonchev–Trinajstić information content (AvgIpc) is 3.08. The van der Waals surface area contributed by atoms with E-state index in [1.54, 1.807) is 11.0 Å². The number of benzene rings is 2. The number of hydrogen-bond acceptors (Lipinski definition) is 3. The Labute approximate surface area is 163 Å². The lowest BCUT2D eigenvalue weighted by Crippen LogP contribution is -2.32. The molecule has 0 aromatic heterocycles. The number of halogens is 1. The molecule has 3 rings (SSSR count). The van der Waals surface area contributed by atoms with Gasteiger partial charge in [0.25, 0.3) is 0 Å². The van der Waals surface area contributed by atoms with Crippen molar-refractivity contribution in [1.82, 2.24) is 5.32 Å². The van der Waals surface area contributed by atoms with Gasteiger partial charge in [-0.2, -0.15) is 0 Å². The van der Waals surface area contributed by atoms with Gasteiger partial charge in [0.05, 0.1) is 5.92 Å². The second-order valence-corrected chi connectivity index (χ2v) is 6.78. The number of ether oxygens (including phenoxy) is 1. The topological polar surface area (TPSA) is 58.6 Å². The van der Waals surface area contributed by atoms with Gasteiger partial charge in [-0.3, -0.25) is 9.59 Å². The Morgan fingerprint density at radius 1 is 1.22 bits per heavy atom. The van der Waals surface area contributed by atoms with Gasteiger partial charge in [-0.25, -0.2) is 0 Å². The summed E-state index contributed by atoms with van der Waals surface area (Å²) in [6.07, 6.45) is 1.84. The Kier molecular flexibility index (Phi) is 6.14. The summed E-state index contributed by atoms with van der Waals surface area (Å²) in [5.41, 5.74) is 1.78. The zero-order valence-corrected chi connectivity index (χ0v) is 15.6. The molecule has 0 saturated carbocycles. The second-order valence-electron chi connectivity index (χ2n) is 6.35. The highest BCUT2D eigenvalue weighted by atomic mass is 35.5. The third-order valence-electron chi connectivity index (χ3n) is 4.38. The van der Waals surface area contributed by atoms with Crippen molar-refractivity contribution in [2.45, 2.75) is 13.0 Å². The Morgan fingerprint density at radius 3 is 2.59 bits per heavy atom. The summed E-state index contributed by atoms with van der Waals surface area (Å²) in [7, 11) is 0. The van der Waals surface area contributed by atoms with Crippen LogP contribution in [0.1, 0.15) is 12.0 Å². The third-order valence-corrected chi connectivity index (χ3v) is 4.64. The Hall–Kier alpha value is -2.79. The van der Waals surface area contributed by atoms with E-state index in [-0.39, 0.29) is 24.2 Å². The summed E-state index contributed by atoms with van der Waals surface area (Å²) in [5, 5.41) is 3.44. The van der Waals surface area contributed by atoms with Crippen LogP contribution >= 0.6 is 11.6 Å². The minimum absolute atomic E-state index is 0.0522. The van der Waals surface area contributed by atoms with E-state index in [0.717, 1.165) is 11.3 Å². The summed E-state index contributed by atoms with van der Waals surface area (Å²) in [5.74, 6) is 0.205. The fourth-order valence-corrected chi connectivity index (χ4v) is 3.05. The van der Waals surface area contributed by atoms with Crippen molar-refractivity contribution >= 4 is 29.1 Å². The lowest BCUT2D eigenvalue weighted by molar-refractivity contribution is -0.126. The molecule has 1 N–H and O–H groups in total. The number of nitrogens with zero attached hydrogens (tertiary/aromatic N) is 1. The summed E-state index contributed by atoms with van der Waals surface area (Å²) < 4.78 is 5.76. The molecule has 1 fully saturated rings. The van der Waals surface area contributed by atoms with E-state index in [9.17, 15) is 9.59 Å². The van der Waals surface area contributed by atoms with Gasteiger partial charge in [-0.15, -0.1) is 6.58 Å². The van der Waals surface area contributed by atoms with Gasteiger partial charge < -0.3 is 15.0 Å². The van der Waals surface area contributed by atoms with Gasteiger partial charge >= 0.3 is 0 Å². The number of rotatable bonds is 7. The van der Waals surface area contributed by atoms with Crippen molar-refractivity contribution in [3.63, 3.8) is 0 Å². The molecule has 1 aliphatic rings. The maximum Gasteiger partial charge on any atom is 0.227 e. The minimum atomic E-state index is -0.335. The molecule has 5 nitrogen and oxygen atoms in total. The first-order valence-electron chi connectivity index (χ1n) is 8.73. The predicted molar refractivity (Wildman–Crippen MR) is 106 cm³/mol. The highest BCUT2D eigenvalue weighted by Gasteiger charge is 2.34. The second kappa shape index (κ2) is 8.73. The van der Waals surface area contributed by atoms with Gasteiger partial charge in [-0.05, 0) is 42.0 Å². The summed E-state index contributed by atoms with van der Waals surface area (Å²) >= 11 is 5.87. The molecule has 140 valence electrons. The van der Waals surface area contributed by atoms with E-state index in [1.165, 1.54) is 0 Å². The molecule has 0 bridgehead atoms. The van der Waals surface area contributed by atoms with Crippen molar-refractivity contribution < 1.29 is 14.3 Å². The first-order valence-corrected chi connectivity index (χ1v) is 9.11. The number of hydrogen-bond donors (Lipinski definition) is 1. The van der Waals surface area contributed by atoms with Crippen LogP contribution in [0.2, 0.25) is 5.02 Å². The highest BCUT2D eigenvalue weighted by Crippen LogP contribution is 2.27. The van der Waals surface area contributed by atoms with E-state index in [1.807, 2.05) is 48.5 Å². The highest BCUT2D eigenvalue weighted by molar-refractivity contribution is 6.30. The fraction of sp³-hybridized carbons (Fsp3) is 0.238. The molecule has 0 aliphatic carbocycles.